The average Bonchev–Trinajstić information content (AvgIpc) is 3.06. The van der Waals surface area contributed by atoms with Gasteiger partial charge in [0.15, 0.2) is 0 Å². The third-order valence-electron chi connectivity index (χ3n) is 2.98. The van der Waals surface area contributed by atoms with E-state index in [1.807, 2.05) is 11.8 Å². The highest BCUT2D eigenvalue weighted by atomic mass is 32.2. The summed E-state index contributed by atoms with van der Waals surface area (Å²) in [6, 6.07) is 13.0. The summed E-state index contributed by atoms with van der Waals surface area (Å²) in [6.45, 7) is 0. The minimum atomic E-state index is 1.17. The van der Waals surface area contributed by atoms with Crippen LogP contribution in [0.2, 0.25) is 0 Å². The predicted octanol–water partition coefficient (Wildman–Crippen LogP) is 3.80. The van der Waals surface area contributed by atoms with Gasteiger partial charge in [-0.25, -0.2) is 0 Å². The number of hydrogen-bond acceptors (Lipinski definition) is 2. The molecule has 72 valence electrons. The molecular formula is C13H9NS. The second-order valence-corrected chi connectivity index (χ2v) is 5.06. The predicted molar refractivity (Wildman–Crippen MR) is 63.1 cm³/mol. The van der Waals surface area contributed by atoms with Crippen molar-refractivity contribution >= 4 is 23.1 Å². The zero-order valence-corrected chi connectivity index (χ0v) is 8.90. The fraction of sp³-hybridized carbons (Fsp3) is 0.0769. The normalized spacial score (nSPS) is 14.7. The van der Waals surface area contributed by atoms with Crippen LogP contribution in [0.5, 0.6) is 0 Å². The van der Waals surface area contributed by atoms with E-state index in [-0.39, 0.29) is 0 Å². The van der Waals surface area contributed by atoms with Crippen molar-refractivity contribution in [3.63, 3.8) is 0 Å². The van der Waals surface area contributed by atoms with Crippen LogP contribution in [0.25, 0.3) is 0 Å². The lowest BCUT2D eigenvalue weighted by Crippen LogP contribution is -1.99. The van der Waals surface area contributed by atoms with Gasteiger partial charge in [-0.2, -0.15) is 0 Å². The number of benzene rings is 2. The summed E-state index contributed by atoms with van der Waals surface area (Å²) >= 11 is 1.87. The Labute approximate surface area is 92.5 Å². The van der Waals surface area contributed by atoms with Gasteiger partial charge in [-0.05, 0) is 29.3 Å². The van der Waals surface area contributed by atoms with Crippen LogP contribution in [0.1, 0.15) is 11.1 Å². The van der Waals surface area contributed by atoms with Crippen molar-refractivity contribution in [1.82, 2.24) is 0 Å². The molecule has 0 fully saturated rings. The molecule has 0 saturated heterocycles. The van der Waals surface area contributed by atoms with Gasteiger partial charge in [0.1, 0.15) is 0 Å². The van der Waals surface area contributed by atoms with Gasteiger partial charge >= 0.3 is 0 Å². The number of fused-ring (bicyclic) bond motifs is 4. The number of nitrogens with one attached hydrogen (secondary N) is 1. The van der Waals surface area contributed by atoms with Gasteiger partial charge in [0.05, 0.1) is 11.4 Å². The second kappa shape index (κ2) is 2.58. The topological polar surface area (TPSA) is 12.0 Å². The second-order valence-electron chi connectivity index (χ2n) is 3.98. The SMILES string of the molecule is c1ccc2c(c1)Nc1c(ccc3c1C3)S2. The van der Waals surface area contributed by atoms with Crippen LogP contribution in [0.15, 0.2) is 46.2 Å². The summed E-state index contributed by atoms with van der Waals surface area (Å²) < 4.78 is 0. The first-order valence-electron chi connectivity index (χ1n) is 5.10. The first kappa shape index (κ1) is 7.83. The number of hydrogen-bond donors (Lipinski definition) is 1. The molecule has 2 heteroatoms. The molecule has 1 nitrogen and oxygen atoms in total. The summed E-state index contributed by atoms with van der Waals surface area (Å²) in [7, 11) is 0. The lowest BCUT2D eigenvalue weighted by Gasteiger charge is -2.20. The molecule has 0 amide bonds. The molecule has 1 aliphatic heterocycles. The Hall–Kier alpha value is -1.41. The Bertz CT molecular complexity index is 575. The first-order valence-corrected chi connectivity index (χ1v) is 5.92. The van der Waals surface area contributed by atoms with E-state index < -0.39 is 0 Å². The highest BCUT2D eigenvalue weighted by Crippen LogP contribution is 2.50. The third kappa shape index (κ3) is 1.05. The molecule has 0 radical (unpaired) electrons. The van der Waals surface area contributed by atoms with Crippen LogP contribution in [-0.2, 0) is 6.42 Å². The smallest absolute Gasteiger partial charge is 0.0565 e. The van der Waals surface area contributed by atoms with Gasteiger partial charge in [-0.3, -0.25) is 0 Å². The number of anilines is 2. The number of para-hydroxylation sites is 1. The van der Waals surface area contributed by atoms with Crippen molar-refractivity contribution in [3.8, 4) is 0 Å². The molecule has 1 aliphatic carbocycles. The summed E-state index contributed by atoms with van der Waals surface area (Å²) in [6.07, 6.45) is 1.17. The molecule has 0 unspecified atom stereocenters. The van der Waals surface area contributed by atoms with Crippen LogP contribution in [0.3, 0.4) is 0 Å². The van der Waals surface area contributed by atoms with Crippen LogP contribution < -0.4 is 5.32 Å². The van der Waals surface area contributed by atoms with Gasteiger partial charge in [-0.1, -0.05) is 30.0 Å². The maximum absolute atomic E-state index is 3.54. The van der Waals surface area contributed by atoms with Crippen molar-refractivity contribution in [1.29, 1.82) is 0 Å². The highest BCUT2D eigenvalue weighted by molar-refractivity contribution is 7.99. The third-order valence-corrected chi connectivity index (χ3v) is 4.12. The van der Waals surface area contributed by atoms with Crippen LogP contribution in [0.4, 0.5) is 11.4 Å². The monoisotopic (exact) mass is 211 g/mol. The van der Waals surface area contributed by atoms with Gasteiger partial charge in [-0.15, -0.1) is 0 Å². The fourth-order valence-corrected chi connectivity index (χ4v) is 3.12. The van der Waals surface area contributed by atoms with Gasteiger partial charge < -0.3 is 5.32 Å². The molecular weight excluding hydrogens is 202 g/mol. The Kier molecular flexibility index (Phi) is 1.35. The van der Waals surface area contributed by atoms with Gasteiger partial charge in [0.2, 0.25) is 0 Å². The van der Waals surface area contributed by atoms with E-state index in [4.69, 9.17) is 0 Å². The minimum absolute atomic E-state index is 1.17. The quantitative estimate of drug-likeness (QED) is 0.475. The lowest BCUT2D eigenvalue weighted by molar-refractivity contribution is 1.32. The van der Waals surface area contributed by atoms with E-state index in [9.17, 15) is 0 Å². The van der Waals surface area contributed by atoms with E-state index in [0.29, 0.717) is 0 Å². The molecule has 4 rings (SSSR count). The molecule has 1 heterocycles. The molecule has 0 atom stereocenters. The molecule has 0 aromatic heterocycles. The summed E-state index contributed by atoms with van der Waals surface area (Å²) in [5.74, 6) is 0. The summed E-state index contributed by atoms with van der Waals surface area (Å²) in [5, 5.41) is 3.54. The molecule has 2 aromatic rings. The van der Waals surface area contributed by atoms with E-state index in [1.165, 1.54) is 38.7 Å². The van der Waals surface area contributed by atoms with Crippen molar-refractivity contribution in [3.05, 3.63) is 47.5 Å². The van der Waals surface area contributed by atoms with Crippen LogP contribution >= 0.6 is 11.8 Å². The van der Waals surface area contributed by atoms with Crippen molar-refractivity contribution in [2.45, 2.75) is 16.2 Å². The van der Waals surface area contributed by atoms with Gasteiger partial charge in [0, 0.05) is 16.2 Å². The van der Waals surface area contributed by atoms with Crippen molar-refractivity contribution in [2.24, 2.45) is 0 Å². The highest BCUT2D eigenvalue weighted by Gasteiger charge is 2.26. The van der Waals surface area contributed by atoms with Crippen molar-refractivity contribution < 1.29 is 0 Å². The molecule has 2 aliphatic rings. The zero-order valence-electron chi connectivity index (χ0n) is 8.08. The zero-order chi connectivity index (χ0) is 9.83. The summed E-state index contributed by atoms with van der Waals surface area (Å²) in [4.78, 5) is 2.69. The minimum Gasteiger partial charge on any atom is -0.353 e. The first-order chi connectivity index (χ1) is 7.42. The number of rotatable bonds is 0. The van der Waals surface area contributed by atoms with E-state index in [2.05, 4.69) is 41.7 Å². The Morgan fingerprint density at radius 1 is 1.00 bits per heavy atom. The molecule has 2 aromatic carbocycles. The van der Waals surface area contributed by atoms with E-state index >= 15 is 0 Å². The van der Waals surface area contributed by atoms with Crippen LogP contribution in [0, 0.1) is 0 Å². The van der Waals surface area contributed by atoms with Crippen molar-refractivity contribution in [2.75, 3.05) is 5.32 Å². The molecule has 0 saturated carbocycles. The standard InChI is InChI=1S/C13H9NS/c1-2-4-11-10(3-1)14-13-9-7-8(9)5-6-12(13)15-11/h1-6,14H,7H2. The van der Waals surface area contributed by atoms with Crippen LogP contribution in [-0.4, -0.2) is 0 Å². The maximum atomic E-state index is 3.54. The largest absolute Gasteiger partial charge is 0.353 e. The molecule has 0 spiro atoms. The van der Waals surface area contributed by atoms with Gasteiger partial charge in [0.25, 0.3) is 0 Å². The maximum Gasteiger partial charge on any atom is 0.0565 e. The van der Waals surface area contributed by atoms with E-state index in [1.54, 1.807) is 0 Å². The van der Waals surface area contributed by atoms with E-state index in [0.717, 1.165) is 0 Å². The fourth-order valence-electron chi connectivity index (χ4n) is 2.10. The molecule has 1 N–H and O–H groups in total. The average molecular weight is 211 g/mol. The Morgan fingerprint density at radius 2 is 1.93 bits per heavy atom. The Balaban J connectivity index is 1.92. The lowest BCUT2D eigenvalue weighted by atomic mass is 10.2. The molecule has 0 bridgehead atoms. The Morgan fingerprint density at radius 3 is 2.93 bits per heavy atom. The summed E-state index contributed by atoms with van der Waals surface area (Å²) in [5.41, 5.74) is 5.60. The molecule has 15 heavy (non-hydrogen) atoms.